The number of aliphatic imine (C=N–C) groups is 1. The van der Waals surface area contributed by atoms with Crippen molar-refractivity contribution in [3.8, 4) is 0 Å². The number of carboxylic acids is 1. The maximum absolute atomic E-state index is 13.8. The number of carbonyl (C=O) groups is 5. The molecular weight excluding hydrogens is 568 g/mol. The fraction of sp³-hybridized carbons (Fsp3) is 0.419. The molecule has 2 aliphatic heterocycles. The molecule has 0 bridgehead atoms. The van der Waals surface area contributed by atoms with Gasteiger partial charge in [0.25, 0.3) is 0 Å². The lowest BCUT2D eigenvalue weighted by molar-refractivity contribution is -0.145. The van der Waals surface area contributed by atoms with E-state index in [0.29, 0.717) is 19.3 Å². The van der Waals surface area contributed by atoms with Crippen LogP contribution in [0.25, 0.3) is 0 Å². The van der Waals surface area contributed by atoms with Crippen LogP contribution in [0.4, 0.5) is 4.79 Å². The van der Waals surface area contributed by atoms with Gasteiger partial charge in [-0.05, 0) is 36.8 Å². The highest BCUT2D eigenvalue weighted by Crippen LogP contribution is 2.40. The maximum Gasteiger partial charge on any atom is 0.414 e. The van der Waals surface area contributed by atoms with Gasteiger partial charge in [-0.3, -0.25) is 24.7 Å². The van der Waals surface area contributed by atoms with Gasteiger partial charge in [0, 0.05) is 32.4 Å². The van der Waals surface area contributed by atoms with Crippen molar-refractivity contribution in [2.75, 3.05) is 6.54 Å². The molecule has 4 atom stereocenters. The van der Waals surface area contributed by atoms with E-state index in [9.17, 15) is 29.1 Å². The molecule has 3 unspecified atom stereocenters. The zero-order valence-corrected chi connectivity index (χ0v) is 24.5. The molecule has 13 heteroatoms. The number of hydrogen-bond donors (Lipinski definition) is 5. The Morgan fingerprint density at radius 1 is 1.07 bits per heavy atom. The lowest BCUT2D eigenvalue weighted by atomic mass is 9.86. The maximum atomic E-state index is 13.8. The molecule has 2 heterocycles. The molecule has 0 spiro atoms. The Kier molecular flexibility index (Phi) is 10.5. The Hall–Kier alpha value is -4.94. The second kappa shape index (κ2) is 14.5. The van der Waals surface area contributed by atoms with Crippen LogP contribution in [0.2, 0.25) is 0 Å². The quantitative estimate of drug-likeness (QED) is 0.136. The first-order valence-corrected chi connectivity index (χ1v) is 14.5. The van der Waals surface area contributed by atoms with Crippen molar-refractivity contribution in [3.63, 3.8) is 0 Å². The highest BCUT2D eigenvalue weighted by Gasteiger charge is 2.57. The van der Waals surface area contributed by atoms with Gasteiger partial charge in [-0.15, -0.1) is 0 Å². The van der Waals surface area contributed by atoms with Gasteiger partial charge in [-0.25, -0.2) is 9.59 Å². The second-order valence-electron chi connectivity index (χ2n) is 11.1. The molecule has 0 aliphatic carbocycles. The third-order valence-electron chi connectivity index (χ3n) is 7.79. The van der Waals surface area contributed by atoms with Crippen molar-refractivity contribution in [2.45, 2.75) is 75.7 Å². The topological polar surface area (TPSA) is 193 Å². The lowest BCUT2D eigenvalue weighted by Gasteiger charge is -2.31. The van der Waals surface area contributed by atoms with E-state index in [-0.39, 0.29) is 56.2 Å². The van der Waals surface area contributed by atoms with Crippen molar-refractivity contribution in [1.29, 1.82) is 0 Å². The number of aliphatic carboxylic acids is 1. The number of guanidine groups is 1. The molecule has 4 amide bonds. The fourth-order valence-corrected chi connectivity index (χ4v) is 5.89. The highest BCUT2D eigenvalue weighted by atomic mass is 16.5. The average molecular weight is 607 g/mol. The van der Waals surface area contributed by atoms with Gasteiger partial charge in [0.2, 0.25) is 17.7 Å². The van der Waals surface area contributed by atoms with E-state index in [0.717, 1.165) is 11.1 Å². The normalized spacial score (nSPS) is 21.7. The van der Waals surface area contributed by atoms with E-state index in [2.05, 4.69) is 20.9 Å². The van der Waals surface area contributed by atoms with Gasteiger partial charge in [-0.1, -0.05) is 60.7 Å². The van der Waals surface area contributed by atoms with Crippen LogP contribution >= 0.6 is 0 Å². The molecule has 0 saturated carbocycles. The first kappa shape index (κ1) is 32.0. The van der Waals surface area contributed by atoms with Crippen LogP contribution in [-0.2, 0) is 36.9 Å². The fourth-order valence-electron chi connectivity index (χ4n) is 5.89. The summed E-state index contributed by atoms with van der Waals surface area (Å²) in [6, 6.07) is 16.1. The molecule has 0 radical (unpaired) electrons. The molecule has 2 aromatic rings. The highest BCUT2D eigenvalue weighted by molar-refractivity contribution is 5.98. The zero-order valence-electron chi connectivity index (χ0n) is 24.5. The van der Waals surface area contributed by atoms with Crippen LogP contribution < -0.4 is 21.7 Å². The van der Waals surface area contributed by atoms with Crippen molar-refractivity contribution in [1.82, 2.24) is 20.9 Å². The van der Waals surface area contributed by atoms with Crippen LogP contribution in [0.1, 0.15) is 50.2 Å². The van der Waals surface area contributed by atoms with E-state index < -0.39 is 35.6 Å². The molecule has 2 aromatic carbocycles. The number of nitrogens with zero attached hydrogens (tertiary/aromatic N) is 2. The predicted octanol–water partition coefficient (Wildman–Crippen LogP) is 1.46. The summed E-state index contributed by atoms with van der Waals surface area (Å²) >= 11 is 0. The summed E-state index contributed by atoms with van der Waals surface area (Å²) in [6.45, 7) is 1.52. The van der Waals surface area contributed by atoms with E-state index in [1.165, 1.54) is 11.8 Å². The first-order valence-electron chi connectivity index (χ1n) is 14.5. The van der Waals surface area contributed by atoms with Gasteiger partial charge in [0.15, 0.2) is 5.96 Å². The van der Waals surface area contributed by atoms with Gasteiger partial charge in [-0.2, -0.15) is 0 Å². The zero-order chi connectivity index (χ0) is 31.7. The standard InChI is InChI=1S/C31H38N6O7/c1-20(38)36-31(17-21-9-4-2-5-10-21)18-23-14-15-25(37(23)28(31)42)26(39)34-24(27(40)41)13-8-16-33-29(32)35-30(43)44-19-22-11-6-3-7-12-22/h2-7,9-12,23-25H,8,13-19H2,1H3,(H,34,39)(H,36,38)(H,40,41)(H3,32,33,35,43)/t23?,24-,25?,31?/m0/s1. The van der Waals surface area contributed by atoms with Crippen LogP contribution in [0, 0.1) is 0 Å². The summed E-state index contributed by atoms with van der Waals surface area (Å²) in [5.41, 5.74) is 6.24. The number of fused-ring (bicyclic) bond motifs is 1. The number of rotatable bonds is 12. The van der Waals surface area contributed by atoms with Crippen LogP contribution in [0.15, 0.2) is 65.7 Å². The van der Waals surface area contributed by atoms with Gasteiger partial charge in [0.1, 0.15) is 24.2 Å². The predicted molar refractivity (Wildman–Crippen MR) is 160 cm³/mol. The Labute approximate surface area is 255 Å². The SMILES string of the molecule is CC(=O)NC1(Cc2ccccc2)CC2CCC(C(=O)N[C@@H](CCCN=C(N)NC(=O)OCc3ccccc3)C(=O)O)N2C1=O. The Morgan fingerprint density at radius 3 is 2.36 bits per heavy atom. The molecule has 2 fully saturated rings. The number of benzene rings is 2. The van der Waals surface area contributed by atoms with Crippen LogP contribution in [0.5, 0.6) is 0 Å². The van der Waals surface area contributed by atoms with Crippen molar-refractivity contribution >= 4 is 35.7 Å². The van der Waals surface area contributed by atoms with Gasteiger partial charge in [0.05, 0.1) is 0 Å². The molecular formula is C31H38N6O7. The van der Waals surface area contributed by atoms with E-state index in [1.807, 2.05) is 48.5 Å². The molecule has 13 nitrogen and oxygen atoms in total. The molecule has 6 N–H and O–H groups in total. The van der Waals surface area contributed by atoms with Crippen LogP contribution in [-0.4, -0.2) is 76.0 Å². The van der Waals surface area contributed by atoms with Crippen molar-refractivity contribution in [3.05, 3.63) is 71.8 Å². The van der Waals surface area contributed by atoms with Crippen molar-refractivity contribution < 1.29 is 33.8 Å². The smallest absolute Gasteiger partial charge is 0.414 e. The Balaban J connectivity index is 1.29. The number of alkyl carbamates (subject to hydrolysis) is 1. The van der Waals surface area contributed by atoms with Gasteiger partial charge < -0.3 is 31.1 Å². The average Bonchev–Trinajstić information content (AvgIpc) is 3.51. The first-order chi connectivity index (χ1) is 21.1. The van der Waals surface area contributed by atoms with Crippen molar-refractivity contribution in [2.24, 2.45) is 10.7 Å². The number of nitrogens with one attached hydrogen (secondary N) is 3. The van der Waals surface area contributed by atoms with E-state index in [1.54, 1.807) is 12.1 Å². The summed E-state index contributed by atoms with van der Waals surface area (Å²) < 4.78 is 5.08. The third kappa shape index (κ3) is 8.12. The minimum atomic E-state index is -1.23. The van der Waals surface area contributed by atoms with E-state index >= 15 is 0 Å². The van der Waals surface area contributed by atoms with E-state index in [4.69, 9.17) is 10.5 Å². The summed E-state index contributed by atoms with van der Waals surface area (Å²) in [4.78, 5) is 68.6. The minimum absolute atomic E-state index is 0.0459. The number of carboxylic acid groups (broad SMARTS) is 1. The summed E-state index contributed by atoms with van der Waals surface area (Å²) in [6.07, 6.45) is 1.12. The number of ether oxygens (including phenoxy) is 1. The minimum Gasteiger partial charge on any atom is -0.480 e. The Morgan fingerprint density at radius 2 is 1.73 bits per heavy atom. The summed E-state index contributed by atoms with van der Waals surface area (Å²) in [5.74, 6) is -2.65. The number of hydrogen-bond acceptors (Lipinski definition) is 7. The Bertz CT molecular complexity index is 1390. The summed E-state index contributed by atoms with van der Waals surface area (Å²) in [7, 11) is 0. The third-order valence-corrected chi connectivity index (χ3v) is 7.79. The molecule has 2 aliphatic rings. The number of nitrogens with two attached hydrogens (primary N) is 1. The monoisotopic (exact) mass is 606 g/mol. The molecule has 4 rings (SSSR count). The molecule has 2 saturated heterocycles. The summed E-state index contributed by atoms with van der Waals surface area (Å²) in [5, 5.41) is 17.5. The lowest BCUT2D eigenvalue weighted by Crippen LogP contribution is -2.58. The molecule has 234 valence electrons. The van der Waals surface area contributed by atoms with Crippen LogP contribution in [0.3, 0.4) is 0 Å². The molecule has 0 aromatic heterocycles. The largest absolute Gasteiger partial charge is 0.480 e. The number of carbonyl (C=O) groups excluding carboxylic acids is 4. The van der Waals surface area contributed by atoms with Gasteiger partial charge >= 0.3 is 12.1 Å². The second-order valence-corrected chi connectivity index (χ2v) is 11.1. The number of amides is 4. The molecule has 44 heavy (non-hydrogen) atoms.